The zero-order valence-electron chi connectivity index (χ0n) is 14.0. The number of thiophene rings is 1. The van der Waals surface area contributed by atoms with E-state index in [4.69, 9.17) is 4.74 Å². The number of halogens is 1. The molecule has 0 unspecified atom stereocenters. The number of piperidine rings is 1. The van der Waals surface area contributed by atoms with Crippen molar-refractivity contribution in [1.29, 1.82) is 0 Å². The maximum absolute atomic E-state index is 12.1. The lowest BCUT2D eigenvalue weighted by Gasteiger charge is -2.31. The lowest BCUT2D eigenvalue weighted by molar-refractivity contribution is -0.122. The summed E-state index contributed by atoms with van der Waals surface area (Å²) in [5.74, 6) is -0.388. The van der Waals surface area contributed by atoms with Crippen molar-refractivity contribution in [2.75, 3.05) is 33.3 Å². The number of rotatable bonds is 7. The molecule has 2 amide bonds. The third-order valence-corrected chi connectivity index (χ3v) is 5.76. The van der Waals surface area contributed by atoms with Crippen LogP contribution in [0.1, 0.15) is 29.4 Å². The molecule has 2 rings (SSSR count). The van der Waals surface area contributed by atoms with Gasteiger partial charge >= 0.3 is 0 Å². The molecule has 1 atom stereocenters. The average Bonchev–Trinajstić information content (AvgIpc) is 3.02. The molecular formula is C16H24BrN3O3S. The summed E-state index contributed by atoms with van der Waals surface area (Å²) in [6, 6.07) is 2.99. The average molecular weight is 418 g/mol. The molecule has 1 aromatic heterocycles. The van der Waals surface area contributed by atoms with Crippen molar-refractivity contribution in [3.8, 4) is 0 Å². The first-order chi connectivity index (χ1) is 11.5. The van der Waals surface area contributed by atoms with Crippen molar-refractivity contribution < 1.29 is 14.3 Å². The molecule has 1 fully saturated rings. The number of ether oxygens (including phenoxy) is 1. The van der Waals surface area contributed by atoms with Gasteiger partial charge in [0.05, 0.1) is 14.8 Å². The molecule has 0 aromatic carbocycles. The topological polar surface area (TPSA) is 70.7 Å². The summed E-state index contributed by atoms with van der Waals surface area (Å²) < 4.78 is 6.24. The van der Waals surface area contributed by atoms with Crippen molar-refractivity contribution >= 4 is 39.1 Å². The second kappa shape index (κ2) is 9.50. The van der Waals surface area contributed by atoms with Crippen LogP contribution in [0, 0.1) is 0 Å². The number of likely N-dealkylation sites (tertiary alicyclic amines) is 1. The Hall–Kier alpha value is -0.960. The van der Waals surface area contributed by atoms with Crippen LogP contribution in [0.5, 0.6) is 0 Å². The Balaban J connectivity index is 1.66. The molecule has 1 aliphatic rings. The Bertz CT molecular complexity index is 559. The van der Waals surface area contributed by atoms with Gasteiger partial charge in [0.2, 0.25) is 5.91 Å². The minimum absolute atomic E-state index is 0.161. The van der Waals surface area contributed by atoms with E-state index in [0.29, 0.717) is 17.5 Å². The summed E-state index contributed by atoms with van der Waals surface area (Å²) in [6.07, 6.45) is 2.43. The van der Waals surface area contributed by atoms with Crippen molar-refractivity contribution in [2.45, 2.75) is 31.9 Å². The van der Waals surface area contributed by atoms with E-state index < -0.39 is 6.04 Å². The molecule has 0 radical (unpaired) electrons. The number of nitrogens with zero attached hydrogens (tertiary/aromatic N) is 1. The van der Waals surface area contributed by atoms with Gasteiger partial charge in [0.15, 0.2) is 0 Å². The van der Waals surface area contributed by atoms with E-state index in [-0.39, 0.29) is 11.8 Å². The standard InChI is InChI=1S/C16H24BrN3O3S/c1-11(19-16(22)13-3-4-14(17)24-13)15(21)18-7-10-20-8-5-12(23-2)6-9-20/h3-4,11-12H,5-10H2,1-2H3,(H,18,21)(H,19,22)/t11-/m1/s1. The van der Waals surface area contributed by atoms with Gasteiger partial charge in [-0.3, -0.25) is 9.59 Å². The predicted molar refractivity (Wildman–Crippen MR) is 98.4 cm³/mol. The van der Waals surface area contributed by atoms with E-state index in [0.717, 1.165) is 36.3 Å². The van der Waals surface area contributed by atoms with Crippen LogP contribution in [-0.4, -0.2) is 62.1 Å². The van der Waals surface area contributed by atoms with Crippen LogP contribution in [0.2, 0.25) is 0 Å². The quantitative estimate of drug-likeness (QED) is 0.709. The fraction of sp³-hybridized carbons (Fsp3) is 0.625. The third kappa shape index (κ3) is 5.84. The van der Waals surface area contributed by atoms with Gasteiger partial charge in [-0.05, 0) is 47.8 Å². The van der Waals surface area contributed by atoms with Gasteiger partial charge in [-0.25, -0.2) is 0 Å². The van der Waals surface area contributed by atoms with Gasteiger partial charge in [0.1, 0.15) is 6.04 Å². The molecule has 6 nitrogen and oxygen atoms in total. The summed E-state index contributed by atoms with van der Waals surface area (Å²) in [7, 11) is 1.76. The predicted octanol–water partition coefficient (Wildman–Crippen LogP) is 1.86. The Kier molecular flexibility index (Phi) is 7.67. The number of carbonyl (C=O) groups excluding carboxylic acids is 2. The number of amides is 2. The second-order valence-corrected chi connectivity index (χ2v) is 8.33. The van der Waals surface area contributed by atoms with Crippen LogP contribution < -0.4 is 10.6 Å². The molecule has 2 heterocycles. The zero-order chi connectivity index (χ0) is 17.5. The number of hydrogen-bond acceptors (Lipinski definition) is 5. The SMILES string of the molecule is COC1CCN(CCNC(=O)[C@@H](C)NC(=O)c2ccc(Br)s2)CC1. The fourth-order valence-corrected chi connectivity index (χ4v) is 3.92. The molecule has 2 N–H and O–H groups in total. The monoisotopic (exact) mass is 417 g/mol. The Morgan fingerprint density at radius 1 is 1.42 bits per heavy atom. The highest BCUT2D eigenvalue weighted by Crippen LogP contribution is 2.21. The lowest BCUT2D eigenvalue weighted by Crippen LogP contribution is -2.47. The minimum Gasteiger partial charge on any atom is -0.381 e. The molecular weight excluding hydrogens is 394 g/mol. The van der Waals surface area contributed by atoms with Crippen LogP contribution in [-0.2, 0) is 9.53 Å². The highest BCUT2D eigenvalue weighted by atomic mass is 79.9. The summed E-state index contributed by atoms with van der Waals surface area (Å²) in [5, 5.41) is 5.60. The van der Waals surface area contributed by atoms with Gasteiger partial charge in [0.25, 0.3) is 5.91 Å². The first kappa shape index (κ1) is 19.4. The Morgan fingerprint density at radius 3 is 2.71 bits per heavy atom. The van der Waals surface area contributed by atoms with E-state index in [1.165, 1.54) is 11.3 Å². The van der Waals surface area contributed by atoms with Crippen LogP contribution in [0.3, 0.4) is 0 Å². The molecule has 8 heteroatoms. The number of carbonyl (C=O) groups is 2. The van der Waals surface area contributed by atoms with Crippen LogP contribution >= 0.6 is 27.3 Å². The number of nitrogens with one attached hydrogen (secondary N) is 2. The van der Waals surface area contributed by atoms with Gasteiger partial charge in [0, 0.05) is 33.3 Å². The van der Waals surface area contributed by atoms with Crippen LogP contribution in [0.4, 0.5) is 0 Å². The summed E-state index contributed by atoms with van der Waals surface area (Å²) >= 11 is 4.67. The molecule has 1 aliphatic heterocycles. The first-order valence-electron chi connectivity index (χ1n) is 8.08. The van der Waals surface area contributed by atoms with Gasteiger partial charge in [-0.15, -0.1) is 11.3 Å². The molecule has 24 heavy (non-hydrogen) atoms. The van der Waals surface area contributed by atoms with Gasteiger partial charge in [-0.2, -0.15) is 0 Å². The fourth-order valence-electron chi connectivity index (χ4n) is 2.63. The zero-order valence-corrected chi connectivity index (χ0v) is 16.4. The molecule has 1 aromatic rings. The van der Waals surface area contributed by atoms with Crippen molar-refractivity contribution in [3.63, 3.8) is 0 Å². The van der Waals surface area contributed by atoms with E-state index in [1.807, 2.05) is 6.07 Å². The first-order valence-corrected chi connectivity index (χ1v) is 9.69. The molecule has 0 bridgehead atoms. The van der Waals surface area contributed by atoms with Crippen molar-refractivity contribution in [1.82, 2.24) is 15.5 Å². The number of hydrogen-bond donors (Lipinski definition) is 2. The molecule has 0 spiro atoms. The molecule has 1 saturated heterocycles. The van der Waals surface area contributed by atoms with Crippen molar-refractivity contribution in [2.24, 2.45) is 0 Å². The van der Waals surface area contributed by atoms with Crippen molar-refractivity contribution in [3.05, 3.63) is 20.8 Å². The van der Waals surface area contributed by atoms with E-state index in [1.54, 1.807) is 20.1 Å². The van der Waals surface area contributed by atoms with E-state index >= 15 is 0 Å². The van der Waals surface area contributed by atoms with Gasteiger partial charge < -0.3 is 20.3 Å². The summed E-state index contributed by atoms with van der Waals surface area (Å²) in [6.45, 7) is 5.09. The van der Waals surface area contributed by atoms with Gasteiger partial charge in [-0.1, -0.05) is 0 Å². The maximum atomic E-state index is 12.1. The summed E-state index contributed by atoms with van der Waals surface area (Å²) in [5.41, 5.74) is 0. The largest absolute Gasteiger partial charge is 0.381 e. The molecule has 134 valence electrons. The molecule has 0 saturated carbocycles. The van der Waals surface area contributed by atoms with E-state index in [9.17, 15) is 9.59 Å². The third-order valence-electron chi connectivity index (χ3n) is 4.13. The molecule has 0 aliphatic carbocycles. The Morgan fingerprint density at radius 2 is 2.12 bits per heavy atom. The highest BCUT2D eigenvalue weighted by molar-refractivity contribution is 9.11. The highest BCUT2D eigenvalue weighted by Gasteiger charge is 2.20. The normalized spacial score (nSPS) is 17.5. The number of methoxy groups -OCH3 is 1. The lowest BCUT2D eigenvalue weighted by atomic mass is 10.1. The van der Waals surface area contributed by atoms with E-state index in [2.05, 4.69) is 31.5 Å². The van der Waals surface area contributed by atoms with Crippen LogP contribution in [0.25, 0.3) is 0 Å². The second-order valence-electron chi connectivity index (χ2n) is 5.87. The maximum Gasteiger partial charge on any atom is 0.262 e. The minimum atomic E-state index is -0.558. The smallest absolute Gasteiger partial charge is 0.262 e. The summed E-state index contributed by atoms with van der Waals surface area (Å²) in [4.78, 5) is 27.0. The Labute approximate surface area is 155 Å². The van der Waals surface area contributed by atoms with Crippen LogP contribution in [0.15, 0.2) is 15.9 Å².